The first-order valence-corrected chi connectivity index (χ1v) is 8.93. The molecule has 0 unspecified atom stereocenters. The van der Waals surface area contributed by atoms with Gasteiger partial charge < -0.3 is 10.6 Å². The number of nitrogens with one attached hydrogen (secondary N) is 2. The summed E-state index contributed by atoms with van der Waals surface area (Å²) in [7, 11) is 0. The van der Waals surface area contributed by atoms with Crippen LogP contribution in [0.15, 0.2) is 42.6 Å². The SMILES string of the molecule is CC(=O)Nc1cccnc1NC(=O)c1nc(C)n(-c2ccccc2C(C)C)n1. The summed E-state index contributed by atoms with van der Waals surface area (Å²) in [6.07, 6.45) is 1.52. The van der Waals surface area contributed by atoms with Crippen LogP contribution in [-0.2, 0) is 4.79 Å². The Bertz CT molecular complexity index is 1030. The zero-order chi connectivity index (χ0) is 20.3. The minimum Gasteiger partial charge on any atom is -0.323 e. The van der Waals surface area contributed by atoms with Gasteiger partial charge in [-0.1, -0.05) is 32.0 Å². The quantitative estimate of drug-likeness (QED) is 0.709. The van der Waals surface area contributed by atoms with Crippen LogP contribution in [0.3, 0.4) is 0 Å². The molecular formula is C20H22N6O2. The molecule has 2 aromatic heterocycles. The highest BCUT2D eigenvalue weighted by molar-refractivity contribution is 6.04. The average molecular weight is 378 g/mol. The van der Waals surface area contributed by atoms with Crippen molar-refractivity contribution in [3.05, 3.63) is 59.8 Å². The smallest absolute Gasteiger partial charge is 0.296 e. The molecule has 0 bridgehead atoms. The fraction of sp³-hybridized carbons (Fsp3) is 0.250. The van der Waals surface area contributed by atoms with Crippen LogP contribution in [0.5, 0.6) is 0 Å². The van der Waals surface area contributed by atoms with Crippen molar-refractivity contribution in [3.8, 4) is 5.69 Å². The molecule has 2 N–H and O–H groups in total. The van der Waals surface area contributed by atoms with E-state index in [1.54, 1.807) is 23.7 Å². The van der Waals surface area contributed by atoms with Crippen LogP contribution in [-0.4, -0.2) is 31.6 Å². The number of rotatable bonds is 5. The van der Waals surface area contributed by atoms with Crippen LogP contribution < -0.4 is 10.6 Å². The summed E-state index contributed by atoms with van der Waals surface area (Å²) in [5, 5.41) is 9.68. The zero-order valence-electron chi connectivity index (χ0n) is 16.2. The van der Waals surface area contributed by atoms with Crippen LogP contribution in [0, 0.1) is 6.92 Å². The number of aryl methyl sites for hydroxylation is 1. The van der Waals surface area contributed by atoms with Gasteiger partial charge in [-0.05, 0) is 36.6 Å². The summed E-state index contributed by atoms with van der Waals surface area (Å²) >= 11 is 0. The second kappa shape index (κ2) is 7.99. The fourth-order valence-corrected chi connectivity index (χ4v) is 2.84. The van der Waals surface area contributed by atoms with E-state index in [2.05, 4.69) is 39.5 Å². The molecule has 0 aliphatic rings. The number of hydrogen-bond acceptors (Lipinski definition) is 5. The number of hydrogen-bond donors (Lipinski definition) is 2. The molecule has 8 nitrogen and oxygen atoms in total. The minimum absolute atomic E-state index is 0.0236. The molecule has 0 saturated heterocycles. The Morgan fingerprint density at radius 2 is 1.82 bits per heavy atom. The maximum Gasteiger partial charge on any atom is 0.296 e. The normalized spacial score (nSPS) is 10.8. The maximum atomic E-state index is 12.7. The highest BCUT2D eigenvalue weighted by Gasteiger charge is 2.19. The van der Waals surface area contributed by atoms with E-state index in [1.165, 1.54) is 13.1 Å². The van der Waals surface area contributed by atoms with E-state index in [-0.39, 0.29) is 17.5 Å². The Morgan fingerprint density at radius 1 is 1.07 bits per heavy atom. The van der Waals surface area contributed by atoms with Crippen molar-refractivity contribution in [2.24, 2.45) is 0 Å². The molecule has 28 heavy (non-hydrogen) atoms. The van der Waals surface area contributed by atoms with Crippen molar-refractivity contribution in [1.82, 2.24) is 19.7 Å². The molecular weight excluding hydrogens is 356 g/mol. The third-order valence-electron chi connectivity index (χ3n) is 4.11. The molecule has 0 fully saturated rings. The van der Waals surface area contributed by atoms with Gasteiger partial charge in [0.1, 0.15) is 5.82 Å². The lowest BCUT2D eigenvalue weighted by atomic mass is 10.0. The molecule has 0 atom stereocenters. The molecule has 1 aromatic carbocycles. The third-order valence-corrected chi connectivity index (χ3v) is 4.11. The Kier molecular flexibility index (Phi) is 5.49. The third kappa shape index (κ3) is 4.06. The summed E-state index contributed by atoms with van der Waals surface area (Å²) in [5.74, 6) is 0.392. The monoisotopic (exact) mass is 378 g/mol. The van der Waals surface area contributed by atoms with E-state index in [0.29, 0.717) is 17.4 Å². The van der Waals surface area contributed by atoms with Crippen LogP contribution in [0.1, 0.15) is 48.7 Å². The van der Waals surface area contributed by atoms with E-state index >= 15 is 0 Å². The highest BCUT2D eigenvalue weighted by atomic mass is 16.2. The van der Waals surface area contributed by atoms with E-state index < -0.39 is 5.91 Å². The van der Waals surface area contributed by atoms with Crippen LogP contribution in [0.2, 0.25) is 0 Å². The summed E-state index contributed by atoms with van der Waals surface area (Å²) in [4.78, 5) is 32.4. The summed E-state index contributed by atoms with van der Waals surface area (Å²) < 4.78 is 1.66. The number of anilines is 2. The molecule has 3 aromatic rings. The van der Waals surface area contributed by atoms with Crippen molar-refractivity contribution in [2.75, 3.05) is 10.6 Å². The van der Waals surface area contributed by atoms with Gasteiger partial charge in [-0.2, -0.15) is 0 Å². The predicted molar refractivity (Wildman–Crippen MR) is 107 cm³/mol. The van der Waals surface area contributed by atoms with Crippen molar-refractivity contribution in [2.45, 2.75) is 33.6 Å². The predicted octanol–water partition coefficient (Wildman–Crippen LogP) is 3.30. The fourth-order valence-electron chi connectivity index (χ4n) is 2.84. The molecule has 3 rings (SSSR count). The number of para-hydroxylation sites is 1. The Labute approximate surface area is 163 Å². The number of aromatic nitrogens is 4. The van der Waals surface area contributed by atoms with Crippen LogP contribution in [0.4, 0.5) is 11.5 Å². The number of benzene rings is 1. The van der Waals surface area contributed by atoms with Gasteiger partial charge in [0.2, 0.25) is 11.7 Å². The second-order valence-electron chi connectivity index (χ2n) is 6.64. The van der Waals surface area contributed by atoms with Crippen molar-refractivity contribution >= 4 is 23.3 Å². The number of pyridine rings is 1. The molecule has 0 aliphatic heterocycles. The largest absolute Gasteiger partial charge is 0.323 e. The van der Waals surface area contributed by atoms with Gasteiger partial charge in [-0.15, -0.1) is 5.10 Å². The zero-order valence-corrected chi connectivity index (χ0v) is 16.2. The average Bonchev–Trinajstić information content (AvgIpc) is 3.04. The lowest BCUT2D eigenvalue weighted by Crippen LogP contribution is -2.17. The molecule has 0 saturated carbocycles. The Morgan fingerprint density at radius 3 is 2.54 bits per heavy atom. The maximum absolute atomic E-state index is 12.7. The van der Waals surface area contributed by atoms with Gasteiger partial charge in [0.15, 0.2) is 5.82 Å². The Hall–Kier alpha value is -3.55. The van der Waals surface area contributed by atoms with E-state index in [4.69, 9.17) is 0 Å². The van der Waals surface area contributed by atoms with E-state index in [9.17, 15) is 9.59 Å². The number of carbonyl (C=O) groups excluding carboxylic acids is 2. The minimum atomic E-state index is -0.505. The first-order valence-electron chi connectivity index (χ1n) is 8.93. The number of nitrogens with zero attached hydrogens (tertiary/aromatic N) is 4. The summed E-state index contributed by atoms with van der Waals surface area (Å²) in [6.45, 7) is 7.38. The first kappa shape index (κ1) is 19.2. The topological polar surface area (TPSA) is 102 Å². The Balaban J connectivity index is 1.90. The van der Waals surface area contributed by atoms with Gasteiger partial charge in [0.25, 0.3) is 5.91 Å². The number of carbonyl (C=O) groups is 2. The summed E-state index contributed by atoms with van der Waals surface area (Å²) in [5.41, 5.74) is 2.41. The van der Waals surface area contributed by atoms with Gasteiger partial charge in [0, 0.05) is 13.1 Å². The molecule has 2 heterocycles. The summed E-state index contributed by atoms with van der Waals surface area (Å²) in [6, 6.07) is 11.2. The van der Waals surface area contributed by atoms with Crippen molar-refractivity contribution < 1.29 is 9.59 Å². The van der Waals surface area contributed by atoms with Crippen LogP contribution >= 0.6 is 0 Å². The van der Waals surface area contributed by atoms with E-state index in [0.717, 1.165) is 11.3 Å². The molecule has 8 heteroatoms. The number of amides is 2. The first-order chi connectivity index (χ1) is 13.4. The highest BCUT2D eigenvalue weighted by Crippen LogP contribution is 2.23. The second-order valence-corrected chi connectivity index (χ2v) is 6.64. The van der Waals surface area contributed by atoms with Gasteiger partial charge in [-0.25, -0.2) is 14.6 Å². The standard InChI is InChI=1S/C20H22N6O2/c1-12(2)15-8-5-6-10-17(15)26-13(3)22-19(25-26)20(28)24-18-16(23-14(4)27)9-7-11-21-18/h5-12H,1-4H3,(H,23,27)(H,21,24,28). The molecule has 2 amide bonds. The van der Waals surface area contributed by atoms with Crippen molar-refractivity contribution in [3.63, 3.8) is 0 Å². The lowest BCUT2D eigenvalue weighted by Gasteiger charge is -2.12. The van der Waals surface area contributed by atoms with Crippen LogP contribution in [0.25, 0.3) is 5.69 Å². The molecule has 0 aliphatic carbocycles. The lowest BCUT2D eigenvalue weighted by molar-refractivity contribution is -0.114. The van der Waals surface area contributed by atoms with Gasteiger partial charge >= 0.3 is 0 Å². The van der Waals surface area contributed by atoms with Gasteiger partial charge in [-0.3, -0.25) is 9.59 Å². The molecule has 144 valence electrons. The van der Waals surface area contributed by atoms with E-state index in [1.807, 2.05) is 24.3 Å². The molecule has 0 spiro atoms. The van der Waals surface area contributed by atoms with Gasteiger partial charge in [0.05, 0.1) is 11.4 Å². The molecule has 0 radical (unpaired) electrons. The van der Waals surface area contributed by atoms with Crippen molar-refractivity contribution in [1.29, 1.82) is 0 Å².